The normalized spacial score (nSPS) is 16.1. The van der Waals surface area contributed by atoms with Crippen molar-refractivity contribution in [1.82, 2.24) is 5.32 Å². The van der Waals surface area contributed by atoms with Gasteiger partial charge in [-0.2, -0.15) is 0 Å². The Kier molecular flexibility index (Phi) is 5.44. The number of rotatable bonds is 5. The van der Waals surface area contributed by atoms with E-state index in [1.165, 1.54) is 0 Å². The monoisotopic (exact) mass is 295 g/mol. The molecule has 1 heterocycles. The Morgan fingerprint density at radius 3 is 2.75 bits per heavy atom. The maximum Gasteiger partial charge on any atom is 0.169 e. The predicted octanol–water partition coefficient (Wildman–Crippen LogP) is 3.62. The zero-order chi connectivity index (χ0) is 14.5. The molecule has 0 unspecified atom stereocenters. The summed E-state index contributed by atoms with van der Waals surface area (Å²) in [7, 11) is 0. The number of ether oxygens (including phenoxy) is 1. The van der Waals surface area contributed by atoms with Crippen LogP contribution < -0.4 is 10.1 Å². The molecular weight excluding hydrogens is 274 g/mol. The maximum atomic E-state index is 12.7. The fourth-order valence-corrected chi connectivity index (χ4v) is 2.65. The number of benzene rings is 1. The number of piperidine rings is 1. The molecule has 4 heteroatoms. The van der Waals surface area contributed by atoms with Gasteiger partial charge in [-0.05, 0) is 57.0 Å². The molecule has 0 bridgehead atoms. The highest BCUT2D eigenvalue weighted by Gasteiger charge is 2.25. The highest BCUT2D eigenvalue weighted by Crippen LogP contribution is 2.30. The molecule has 0 spiro atoms. The minimum absolute atomic E-state index is 0.0824. The van der Waals surface area contributed by atoms with Gasteiger partial charge in [0.2, 0.25) is 0 Å². The van der Waals surface area contributed by atoms with Gasteiger partial charge in [-0.25, -0.2) is 0 Å². The summed E-state index contributed by atoms with van der Waals surface area (Å²) in [5, 5.41) is 3.91. The Bertz CT molecular complexity index is 482. The van der Waals surface area contributed by atoms with Gasteiger partial charge in [0.25, 0.3) is 0 Å². The minimum atomic E-state index is 0.0824. The molecule has 110 valence electrons. The van der Waals surface area contributed by atoms with E-state index in [9.17, 15) is 4.79 Å². The predicted molar refractivity (Wildman–Crippen MR) is 81.9 cm³/mol. The molecule has 1 N–H and O–H groups in total. The van der Waals surface area contributed by atoms with Crippen LogP contribution in [0, 0.1) is 12.8 Å². The Morgan fingerprint density at radius 2 is 2.10 bits per heavy atom. The summed E-state index contributed by atoms with van der Waals surface area (Å²) >= 11 is 6.18. The van der Waals surface area contributed by atoms with E-state index < -0.39 is 0 Å². The third-order valence-electron chi connectivity index (χ3n) is 3.70. The maximum absolute atomic E-state index is 12.7. The van der Waals surface area contributed by atoms with Crippen molar-refractivity contribution in [2.45, 2.75) is 33.1 Å². The van der Waals surface area contributed by atoms with E-state index in [4.69, 9.17) is 16.3 Å². The molecule has 2 rings (SSSR count). The number of halogens is 1. The van der Waals surface area contributed by atoms with Gasteiger partial charge in [0, 0.05) is 10.9 Å². The first-order valence-corrected chi connectivity index (χ1v) is 7.69. The molecule has 1 saturated heterocycles. The lowest BCUT2D eigenvalue weighted by molar-refractivity contribution is 0.0891. The quantitative estimate of drug-likeness (QED) is 0.843. The molecule has 1 aromatic rings. The van der Waals surface area contributed by atoms with Gasteiger partial charge in [0.15, 0.2) is 5.78 Å². The van der Waals surface area contributed by atoms with Crippen molar-refractivity contribution < 1.29 is 9.53 Å². The Labute approximate surface area is 125 Å². The fraction of sp³-hybridized carbons (Fsp3) is 0.562. The van der Waals surface area contributed by atoms with Crippen LogP contribution in [0.3, 0.4) is 0 Å². The average Bonchev–Trinajstić information content (AvgIpc) is 2.48. The molecule has 0 radical (unpaired) electrons. The van der Waals surface area contributed by atoms with Gasteiger partial charge in [-0.1, -0.05) is 18.5 Å². The van der Waals surface area contributed by atoms with E-state index in [2.05, 4.69) is 12.2 Å². The second-order valence-electron chi connectivity index (χ2n) is 5.33. The molecule has 0 saturated carbocycles. The number of carbonyl (C=O) groups is 1. The van der Waals surface area contributed by atoms with Crippen LogP contribution in [0.5, 0.6) is 5.75 Å². The fourth-order valence-electron chi connectivity index (χ4n) is 2.48. The van der Waals surface area contributed by atoms with Crippen LogP contribution in [0.25, 0.3) is 0 Å². The van der Waals surface area contributed by atoms with Gasteiger partial charge in [0.1, 0.15) is 5.75 Å². The van der Waals surface area contributed by atoms with Gasteiger partial charge in [0.05, 0.1) is 12.2 Å². The third kappa shape index (κ3) is 3.53. The van der Waals surface area contributed by atoms with Crippen LogP contribution in [0.1, 0.15) is 42.1 Å². The molecule has 0 atom stereocenters. The van der Waals surface area contributed by atoms with Crippen LogP contribution in [0.2, 0.25) is 5.02 Å². The summed E-state index contributed by atoms with van der Waals surface area (Å²) in [5.74, 6) is 0.927. The zero-order valence-corrected chi connectivity index (χ0v) is 12.9. The second-order valence-corrected chi connectivity index (χ2v) is 5.74. The van der Waals surface area contributed by atoms with Crippen molar-refractivity contribution >= 4 is 17.4 Å². The lowest BCUT2D eigenvalue weighted by atomic mass is 9.89. The second kappa shape index (κ2) is 7.09. The molecule has 0 amide bonds. The molecule has 0 aliphatic carbocycles. The number of carbonyl (C=O) groups excluding carboxylic acids is 1. The van der Waals surface area contributed by atoms with Gasteiger partial charge in [-0.15, -0.1) is 0 Å². The molecule has 1 aliphatic heterocycles. The smallest absolute Gasteiger partial charge is 0.169 e. The Balaban J connectivity index is 2.27. The average molecular weight is 296 g/mol. The lowest BCUT2D eigenvalue weighted by Crippen LogP contribution is -2.32. The number of nitrogens with one attached hydrogen (secondary N) is 1. The molecular formula is C16H22ClNO2. The highest BCUT2D eigenvalue weighted by atomic mass is 35.5. The topological polar surface area (TPSA) is 38.3 Å². The zero-order valence-electron chi connectivity index (χ0n) is 12.2. The molecule has 3 nitrogen and oxygen atoms in total. The first kappa shape index (κ1) is 15.3. The molecule has 1 aliphatic rings. The summed E-state index contributed by atoms with van der Waals surface area (Å²) in [6, 6.07) is 3.65. The van der Waals surface area contributed by atoms with Crippen molar-refractivity contribution in [3.63, 3.8) is 0 Å². The van der Waals surface area contributed by atoms with E-state index in [1.807, 2.05) is 13.0 Å². The van der Waals surface area contributed by atoms with Crippen molar-refractivity contribution in [2.24, 2.45) is 5.92 Å². The molecule has 1 fully saturated rings. The van der Waals surface area contributed by atoms with Crippen LogP contribution in [0.4, 0.5) is 0 Å². The van der Waals surface area contributed by atoms with Crippen LogP contribution >= 0.6 is 11.6 Å². The van der Waals surface area contributed by atoms with E-state index in [0.29, 0.717) is 22.9 Å². The minimum Gasteiger partial charge on any atom is -0.493 e. The van der Waals surface area contributed by atoms with Crippen molar-refractivity contribution in [3.8, 4) is 5.75 Å². The van der Waals surface area contributed by atoms with Gasteiger partial charge in [-0.3, -0.25) is 4.79 Å². The van der Waals surface area contributed by atoms with Gasteiger partial charge < -0.3 is 10.1 Å². The summed E-state index contributed by atoms with van der Waals surface area (Å²) < 4.78 is 5.74. The van der Waals surface area contributed by atoms with E-state index in [-0.39, 0.29) is 11.7 Å². The molecule has 20 heavy (non-hydrogen) atoms. The Morgan fingerprint density at radius 1 is 1.40 bits per heavy atom. The Hall–Kier alpha value is -1.06. The van der Waals surface area contributed by atoms with Crippen LogP contribution in [0.15, 0.2) is 12.1 Å². The van der Waals surface area contributed by atoms with E-state index >= 15 is 0 Å². The van der Waals surface area contributed by atoms with Crippen molar-refractivity contribution in [1.29, 1.82) is 0 Å². The van der Waals surface area contributed by atoms with E-state index in [1.54, 1.807) is 6.07 Å². The summed E-state index contributed by atoms with van der Waals surface area (Å²) in [6.45, 7) is 6.41. The number of Topliss-reactive ketones (excluding diaryl/α,β-unsaturated/α-hetero) is 1. The number of ketones is 1. The highest BCUT2D eigenvalue weighted by molar-refractivity contribution is 6.31. The third-order valence-corrected chi connectivity index (χ3v) is 4.11. The summed E-state index contributed by atoms with van der Waals surface area (Å²) in [6.07, 6.45) is 2.69. The molecule has 1 aromatic carbocycles. The van der Waals surface area contributed by atoms with Crippen molar-refractivity contribution in [3.05, 3.63) is 28.3 Å². The first-order valence-electron chi connectivity index (χ1n) is 7.31. The first-order chi connectivity index (χ1) is 9.63. The SMILES string of the molecule is CCCOc1cc(C)c(Cl)cc1C(=O)C1CCNCC1. The number of hydrogen-bond donors (Lipinski definition) is 1. The largest absolute Gasteiger partial charge is 0.493 e. The van der Waals surface area contributed by atoms with Crippen molar-refractivity contribution in [2.75, 3.05) is 19.7 Å². The number of aryl methyl sites for hydroxylation is 1. The molecule has 0 aromatic heterocycles. The number of hydrogen-bond acceptors (Lipinski definition) is 3. The standard InChI is InChI=1S/C16H22ClNO2/c1-3-8-20-15-9-11(2)14(17)10-13(15)16(19)12-4-6-18-7-5-12/h9-10,12,18H,3-8H2,1-2H3. The van der Waals surface area contributed by atoms with E-state index in [0.717, 1.165) is 37.9 Å². The van der Waals surface area contributed by atoms with Gasteiger partial charge >= 0.3 is 0 Å². The summed E-state index contributed by atoms with van der Waals surface area (Å²) in [5.41, 5.74) is 1.58. The lowest BCUT2D eigenvalue weighted by Gasteiger charge is -2.22. The summed E-state index contributed by atoms with van der Waals surface area (Å²) in [4.78, 5) is 12.7. The van der Waals surface area contributed by atoms with Crippen LogP contribution in [-0.2, 0) is 0 Å². The van der Waals surface area contributed by atoms with Crippen LogP contribution in [-0.4, -0.2) is 25.5 Å².